The third-order valence-electron chi connectivity index (χ3n) is 2.59. The van der Waals surface area contributed by atoms with Gasteiger partial charge < -0.3 is 5.32 Å². The molecule has 0 spiro atoms. The highest BCUT2D eigenvalue weighted by Crippen LogP contribution is 2.20. The van der Waals surface area contributed by atoms with Gasteiger partial charge in [-0.2, -0.15) is 5.10 Å². The van der Waals surface area contributed by atoms with Crippen LogP contribution in [0.25, 0.3) is 0 Å². The molecule has 0 aliphatic heterocycles. The molecule has 1 N–H and O–H groups in total. The number of rotatable bonds is 4. The Balaban J connectivity index is 1.84. The normalized spacial score (nSPS) is 10.9. The molecular formula is C12H17N3S. The predicted molar refractivity (Wildman–Crippen MR) is 67.5 cm³/mol. The van der Waals surface area contributed by atoms with Crippen molar-refractivity contribution in [3.05, 3.63) is 39.3 Å². The molecule has 0 radical (unpaired) electrons. The van der Waals surface area contributed by atoms with E-state index in [1.807, 2.05) is 35.3 Å². The van der Waals surface area contributed by atoms with Gasteiger partial charge in [0, 0.05) is 36.1 Å². The molecule has 0 saturated carbocycles. The highest BCUT2D eigenvalue weighted by Gasteiger charge is 2.01. The quantitative estimate of drug-likeness (QED) is 0.882. The highest BCUT2D eigenvalue weighted by atomic mass is 32.1. The standard InChI is InChI=1S/C12H17N3S/c1-9-6-12(16-10(9)2)8-13-7-11-4-5-15(3)14-11/h4-6,13H,7-8H2,1-3H3. The molecule has 0 aliphatic rings. The molecule has 0 amide bonds. The van der Waals surface area contributed by atoms with Crippen molar-refractivity contribution < 1.29 is 0 Å². The van der Waals surface area contributed by atoms with Gasteiger partial charge in [-0.25, -0.2) is 0 Å². The molecule has 0 saturated heterocycles. The van der Waals surface area contributed by atoms with Gasteiger partial charge in [-0.3, -0.25) is 4.68 Å². The zero-order valence-electron chi connectivity index (χ0n) is 9.95. The molecular weight excluding hydrogens is 218 g/mol. The highest BCUT2D eigenvalue weighted by molar-refractivity contribution is 7.12. The molecule has 86 valence electrons. The van der Waals surface area contributed by atoms with Crippen molar-refractivity contribution >= 4 is 11.3 Å². The summed E-state index contributed by atoms with van der Waals surface area (Å²) in [5, 5.41) is 7.73. The Labute approximate surface area is 100 Å². The van der Waals surface area contributed by atoms with E-state index in [1.165, 1.54) is 15.3 Å². The van der Waals surface area contributed by atoms with Crippen molar-refractivity contribution in [1.82, 2.24) is 15.1 Å². The van der Waals surface area contributed by atoms with Crippen molar-refractivity contribution in [2.45, 2.75) is 26.9 Å². The lowest BCUT2D eigenvalue weighted by molar-refractivity contribution is 0.661. The SMILES string of the molecule is Cc1cc(CNCc2ccn(C)n2)sc1C. The summed E-state index contributed by atoms with van der Waals surface area (Å²) in [6.07, 6.45) is 1.97. The largest absolute Gasteiger partial charge is 0.306 e. The molecule has 2 aromatic rings. The summed E-state index contributed by atoms with van der Waals surface area (Å²) >= 11 is 1.87. The summed E-state index contributed by atoms with van der Waals surface area (Å²) in [7, 11) is 1.94. The topological polar surface area (TPSA) is 29.9 Å². The second-order valence-corrected chi connectivity index (χ2v) is 5.38. The maximum atomic E-state index is 4.32. The zero-order chi connectivity index (χ0) is 11.5. The Morgan fingerprint density at radius 2 is 2.19 bits per heavy atom. The third-order valence-corrected chi connectivity index (χ3v) is 3.74. The first-order chi connectivity index (χ1) is 7.65. The van der Waals surface area contributed by atoms with Gasteiger partial charge in [0.15, 0.2) is 0 Å². The fourth-order valence-electron chi connectivity index (χ4n) is 1.61. The first-order valence-corrected chi connectivity index (χ1v) is 6.22. The maximum Gasteiger partial charge on any atom is 0.0762 e. The van der Waals surface area contributed by atoms with Gasteiger partial charge in [0.05, 0.1) is 5.69 Å². The lowest BCUT2D eigenvalue weighted by Gasteiger charge is -1.99. The van der Waals surface area contributed by atoms with Gasteiger partial charge in [0.25, 0.3) is 0 Å². The Hall–Kier alpha value is -1.13. The van der Waals surface area contributed by atoms with Crippen molar-refractivity contribution in [3.63, 3.8) is 0 Å². The molecule has 0 aromatic carbocycles. The van der Waals surface area contributed by atoms with Gasteiger partial charge in [-0.05, 0) is 31.5 Å². The lowest BCUT2D eigenvalue weighted by Crippen LogP contribution is -2.12. The second kappa shape index (κ2) is 4.80. The van der Waals surface area contributed by atoms with E-state index < -0.39 is 0 Å². The minimum Gasteiger partial charge on any atom is -0.306 e. The summed E-state index contributed by atoms with van der Waals surface area (Å²) in [5.41, 5.74) is 2.48. The third kappa shape index (κ3) is 2.71. The van der Waals surface area contributed by atoms with E-state index in [0.717, 1.165) is 18.8 Å². The van der Waals surface area contributed by atoms with E-state index in [4.69, 9.17) is 0 Å². The molecule has 2 heterocycles. The van der Waals surface area contributed by atoms with Crippen molar-refractivity contribution in [2.75, 3.05) is 0 Å². The smallest absolute Gasteiger partial charge is 0.0762 e. The summed E-state index contributed by atoms with van der Waals surface area (Å²) in [6.45, 7) is 6.09. The van der Waals surface area contributed by atoms with E-state index >= 15 is 0 Å². The lowest BCUT2D eigenvalue weighted by atomic mass is 10.3. The average Bonchev–Trinajstić information content (AvgIpc) is 2.75. The average molecular weight is 235 g/mol. The molecule has 0 fully saturated rings. The minimum atomic E-state index is 0.830. The Bertz CT molecular complexity index is 451. The molecule has 0 atom stereocenters. The number of thiophene rings is 1. The number of aryl methyl sites for hydroxylation is 3. The molecule has 0 bridgehead atoms. The molecule has 0 unspecified atom stereocenters. The van der Waals surface area contributed by atoms with E-state index in [2.05, 4.69) is 30.3 Å². The van der Waals surface area contributed by atoms with Crippen molar-refractivity contribution in [3.8, 4) is 0 Å². The molecule has 2 aromatic heterocycles. The van der Waals surface area contributed by atoms with Crippen molar-refractivity contribution in [2.24, 2.45) is 7.05 Å². The van der Waals surface area contributed by atoms with Crippen LogP contribution in [0.4, 0.5) is 0 Å². The number of aromatic nitrogens is 2. The van der Waals surface area contributed by atoms with Crippen LogP contribution in [0.3, 0.4) is 0 Å². The van der Waals surface area contributed by atoms with Crippen molar-refractivity contribution in [1.29, 1.82) is 0 Å². The van der Waals surface area contributed by atoms with E-state index in [1.54, 1.807) is 0 Å². The van der Waals surface area contributed by atoms with Gasteiger partial charge in [0.1, 0.15) is 0 Å². The van der Waals surface area contributed by atoms with Crippen LogP contribution in [0.5, 0.6) is 0 Å². The minimum absolute atomic E-state index is 0.830. The Morgan fingerprint density at radius 1 is 1.38 bits per heavy atom. The van der Waals surface area contributed by atoms with E-state index in [0.29, 0.717) is 0 Å². The molecule has 4 heteroatoms. The van der Waals surface area contributed by atoms with Crippen LogP contribution < -0.4 is 5.32 Å². The summed E-state index contributed by atoms with van der Waals surface area (Å²) < 4.78 is 1.83. The van der Waals surface area contributed by atoms with E-state index in [-0.39, 0.29) is 0 Å². The predicted octanol–water partition coefficient (Wildman–Crippen LogP) is 2.39. The number of nitrogens with one attached hydrogen (secondary N) is 1. The molecule has 3 nitrogen and oxygen atoms in total. The fraction of sp³-hybridized carbons (Fsp3) is 0.417. The number of hydrogen-bond acceptors (Lipinski definition) is 3. The Kier molecular flexibility index (Phi) is 3.41. The van der Waals surface area contributed by atoms with E-state index in [9.17, 15) is 0 Å². The summed E-state index contributed by atoms with van der Waals surface area (Å²) in [4.78, 5) is 2.81. The first kappa shape index (κ1) is 11.4. The van der Waals surface area contributed by atoms with Gasteiger partial charge >= 0.3 is 0 Å². The molecule has 0 aliphatic carbocycles. The molecule has 16 heavy (non-hydrogen) atoms. The van der Waals surface area contributed by atoms with Crippen LogP contribution >= 0.6 is 11.3 Å². The maximum absolute atomic E-state index is 4.32. The van der Waals surface area contributed by atoms with Crippen LogP contribution in [0.15, 0.2) is 18.3 Å². The summed E-state index contributed by atoms with van der Waals surface area (Å²) in [6, 6.07) is 4.29. The van der Waals surface area contributed by atoms with Gasteiger partial charge in [-0.1, -0.05) is 0 Å². The van der Waals surface area contributed by atoms with Gasteiger partial charge in [-0.15, -0.1) is 11.3 Å². The van der Waals surface area contributed by atoms with Crippen LogP contribution in [0, 0.1) is 13.8 Å². The Morgan fingerprint density at radius 3 is 2.75 bits per heavy atom. The van der Waals surface area contributed by atoms with Crippen LogP contribution in [-0.2, 0) is 20.1 Å². The number of hydrogen-bond donors (Lipinski definition) is 1. The summed E-state index contributed by atoms with van der Waals surface area (Å²) in [5.74, 6) is 0. The number of nitrogens with zero attached hydrogens (tertiary/aromatic N) is 2. The zero-order valence-corrected chi connectivity index (χ0v) is 10.8. The fourth-order valence-corrected chi connectivity index (χ4v) is 2.63. The first-order valence-electron chi connectivity index (χ1n) is 5.40. The van der Waals surface area contributed by atoms with Gasteiger partial charge in [0.2, 0.25) is 0 Å². The molecule has 2 rings (SSSR count). The second-order valence-electron chi connectivity index (χ2n) is 4.04. The van der Waals surface area contributed by atoms with Crippen LogP contribution in [-0.4, -0.2) is 9.78 Å². The monoisotopic (exact) mass is 235 g/mol. The van der Waals surface area contributed by atoms with Crippen LogP contribution in [0.1, 0.15) is 21.0 Å². The van der Waals surface area contributed by atoms with Crippen LogP contribution in [0.2, 0.25) is 0 Å².